The Hall–Kier alpha value is -2.95. The van der Waals surface area contributed by atoms with Gasteiger partial charge >= 0.3 is 0 Å². The summed E-state index contributed by atoms with van der Waals surface area (Å²) in [5, 5.41) is 8.74. The van der Waals surface area contributed by atoms with Gasteiger partial charge in [0.25, 0.3) is 5.78 Å². The summed E-state index contributed by atoms with van der Waals surface area (Å²) in [6.07, 6.45) is 6.52. The van der Waals surface area contributed by atoms with Gasteiger partial charge in [-0.15, -0.1) is 5.10 Å². The Morgan fingerprint density at radius 3 is 2.94 bits per heavy atom. The fourth-order valence-electron chi connectivity index (χ4n) is 3.85. The first-order chi connectivity index (χ1) is 15.6. The number of piperidine rings is 1. The third-order valence-electron chi connectivity index (χ3n) is 5.46. The molecule has 10 nitrogen and oxygen atoms in total. The van der Waals surface area contributed by atoms with Gasteiger partial charge in [-0.1, -0.05) is 29.6 Å². The first-order valence-corrected chi connectivity index (χ1v) is 11.0. The molecular weight excluding hydrogens is 453 g/mol. The van der Waals surface area contributed by atoms with E-state index < -0.39 is 0 Å². The molecule has 0 amide bonds. The zero-order valence-electron chi connectivity index (χ0n) is 17.1. The molecule has 0 saturated carbocycles. The van der Waals surface area contributed by atoms with Crippen LogP contribution in [-0.4, -0.2) is 53.6 Å². The minimum atomic E-state index is 0.195. The molecule has 1 aliphatic rings. The van der Waals surface area contributed by atoms with E-state index >= 15 is 0 Å². The average molecular weight is 474 g/mol. The van der Waals surface area contributed by atoms with Crippen LogP contribution in [0.3, 0.4) is 0 Å². The number of likely N-dealkylation sites (tertiary alicyclic amines) is 1. The van der Waals surface area contributed by atoms with Crippen LogP contribution in [-0.2, 0) is 6.54 Å². The molecule has 0 aromatic carbocycles. The number of rotatable bonds is 6. The first kappa shape index (κ1) is 20.9. The number of anilines is 2. The van der Waals surface area contributed by atoms with Gasteiger partial charge in [0.1, 0.15) is 0 Å². The van der Waals surface area contributed by atoms with Gasteiger partial charge in [-0.05, 0) is 37.6 Å². The lowest BCUT2D eigenvalue weighted by molar-refractivity contribution is 0.146. The van der Waals surface area contributed by atoms with E-state index in [1.807, 2.05) is 0 Å². The Balaban J connectivity index is 1.31. The molecule has 1 unspecified atom stereocenters. The normalized spacial score (nSPS) is 17.1. The highest BCUT2D eigenvalue weighted by Crippen LogP contribution is 2.24. The van der Waals surface area contributed by atoms with Gasteiger partial charge in [-0.2, -0.15) is 19.5 Å². The van der Waals surface area contributed by atoms with Crippen LogP contribution in [0.15, 0.2) is 35.1 Å². The minimum Gasteiger partial charge on any atom is -0.461 e. The topological polar surface area (TPSA) is 123 Å². The van der Waals surface area contributed by atoms with Crippen LogP contribution in [0, 0.1) is 0 Å². The number of aromatic nitrogens is 6. The molecule has 0 bridgehead atoms. The van der Waals surface area contributed by atoms with Crippen molar-refractivity contribution < 1.29 is 4.42 Å². The molecular formula is C20H21Cl2N9O. The largest absolute Gasteiger partial charge is 0.461 e. The molecule has 4 aromatic heterocycles. The predicted octanol–water partition coefficient (Wildman–Crippen LogP) is 3.53. The number of hydrogen-bond donors (Lipinski definition) is 2. The second kappa shape index (κ2) is 8.89. The van der Waals surface area contributed by atoms with E-state index in [4.69, 9.17) is 33.4 Å². The molecule has 1 saturated heterocycles. The molecule has 5 rings (SSSR count). The number of nitrogen functional groups attached to an aromatic ring is 1. The standard InChI is InChI=1S/C20H21Cl2N9O/c21-12-8-14(22)15(24-9-12)11-30-6-2-1-4-13(30)10-25-19-27-18(23)31-20(28-19)26-17(29-31)16-5-3-7-32-16/h3,5,7-9,13H,1-2,4,6,10-11H2,(H3,23,25,26,27,28,29). The molecule has 3 N–H and O–H groups in total. The van der Waals surface area contributed by atoms with Gasteiger partial charge in [0, 0.05) is 25.3 Å². The van der Waals surface area contributed by atoms with Gasteiger partial charge in [-0.3, -0.25) is 9.88 Å². The van der Waals surface area contributed by atoms with Gasteiger partial charge < -0.3 is 15.5 Å². The van der Waals surface area contributed by atoms with Crippen LogP contribution in [0.25, 0.3) is 17.4 Å². The highest BCUT2D eigenvalue weighted by molar-refractivity contribution is 6.34. The molecule has 12 heteroatoms. The molecule has 166 valence electrons. The summed E-state index contributed by atoms with van der Waals surface area (Å²) in [5.74, 6) is 1.89. The fraction of sp³-hybridized carbons (Fsp3) is 0.350. The van der Waals surface area contributed by atoms with Crippen molar-refractivity contribution in [2.45, 2.75) is 31.8 Å². The minimum absolute atomic E-state index is 0.195. The molecule has 0 aliphatic carbocycles. The number of nitrogens with one attached hydrogen (secondary N) is 1. The zero-order valence-corrected chi connectivity index (χ0v) is 18.6. The third kappa shape index (κ3) is 4.34. The van der Waals surface area contributed by atoms with Crippen molar-refractivity contribution in [1.82, 2.24) is 34.4 Å². The van der Waals surface area contributed by atoms with Crippen molar-refractivity contribution in [3.63, 3.8) is 0 Å². The number of fused-ring (bicyclic) bond motifs is 1. The van der Waals surface area contributed by atoms with Crippen LogP contribution >= 0.6 is 23.2 Å². The van der Waals surface area contributed by atoms with Crippen molar-refractivity contribution in [2.24, 2.45) is 0 Å². The molecule has 1 aliphatic heterocycles. The second-order valence-electron chi connectivity index (χ2n) is 7.61. The van der Waals surface area contributed by atoms with Crippen LogP contribution < -0.4 is 11.1 Å². The maximum absolute atomic E-state index is 6.34. The lowest BCUT2D eigenvalue weighted by atomic mass is 10.0. The van der Waals surface area contributed by atoms with Crippen LogP contribution in [0.2, 0.25) is 10.0 Å². The molecule has 1 atom stereocenters. The highest BCUT2D eigenvalue weighted by Gasteiger charge is 2.24. The maximum atomic E-state index is 6.34. The number of furan rings is 1. The molecule has 0 spiro atoms. The number of hydrogen-bond acceptors (Lipinski definition) is 9. The van der Waals surface area contributed by atoms with Crippen molar-refractivity contribution in [3.05, 3.63) is 46.4 Å². The SMILES string of the molecule is Nc1nc(NCC2CCCCN2Cc2ncc(Cl)cc2Cl)nc2nc(-c3ccco3)nn12. The van der Waals surface area contributed by atoms with E-state index in [0.717, 1.165) is 31.5 Å². The zero-order chi connectivity index (χ0) is 22.1. The van der Waals surface area contributed by atoms with Crippen LogP contribution in [0.1, 0.15) is 25.0 Å². The summed E-state index contributed by atoms with van der Waals surface area (Å²) in [6.45, 7) is 2.27. The van der Waals surface area contributed by atoms with Crippen molar-refractivity contribution >= 4 is 40.9 Å². The van der Waals surface area contributed by atoms with E-state index in [9.17, 15) is 0 Å². The summed E-state index contributed by atoms with van der Waals surface area (Å²) < 4.78 is 6.74. The Labute approximate surface area is 193 Å². The lowest BCUT2D eigenvalue weighted by Gasteiger charge is -2.35. The summed E-state index contributed by atoms with van der Waals surface area (Å²) in [5.41, 5.74) is 6.90. The van der Waals surface area contributed by atoms with E-state index in [-0.39, 0.29) is 12.0 Å². The van der Waals surface area contributed by atoms with E-state index in [2.05, 4.69) is 35.3 Å². The number of nitrogens with zero attached hydrogens (tertiary/aromatic N) is 7. The van der Waals surface area contributed by atoms with E-state index in [1.54, 1.807) is 30.7 Å². The van der Waals surface area contributed by atoms with Crippen molar-refractivity contribution in [2.75, 3.05) is 24.1 Å². The number of nitrogens with two attached hydrogens (primary N) is 1. The van der Waals surface area contributed by atoms with Gasteiger partial charge in [0.2, 0.25) is 17.7 Å². The maximum Gasteiger partial charge on any atom is 0.259 e. The number of halogens is 2. The molecule has 32 heavy (non-hydrogen) atoms. The Kier molecular flexibility index (Phi) is 5.81. The Morgan fingerprint density at radius 1 is 1.22 bits per heavy atom. The highest BCUT2D eigenvalue weighted by atomic mass is 35.5. The van der Waals surface area contributed by atoms with E-state index in [0.29, 0.717) is 46.4 Å². The summed E-state index contributed by atoms with van der Waals surface area (Å²) in [7, 11) is 0. The first-order valence-electron chi connectivity index (χ1n) is 10.3. The summed E-state index contributed by atoms with van der Waals surface area (Å²) in [4.78, 5) is 20.0. The Morgan fingerprint density at radius 2 is 2.12 bits per heavy atom. The predicted molar refractivity (Wildman–Crippen MR) is 121 cm³/mol. The van der Waals surface area contributed by atoms with Crippen molar-refractivity contribution in [1.29, 1.82) is 0 Å². The van der Waals surface area contributed by atoms with Gasteiger partial charge in [0.05, 0.1) is 22.0 Å². The van der Waals surface area contributed by atoms with Crippen LogP contribution in [0.5, 0.6) is 0 Å². The molecule has 4 aromatic rings. The molecule has 0 radical (unpaired) electrons. The van der Waals surface area contributed by atoms with E-state index in [1.165, 1.54) is 4.52 Å². The summed E-state index contributed by atoms with van der Waals surface area (Å²) >= 11 is 12.3. The quantitative estimate of drug-likeness (QED) is 0.432. The Bertz CT molecular complexity index is 1230. The fourth-order valence-corrected chi connectivity index (χ4v) is 4.29. The number of pyridine rings is 1. The summed E-state index contributed by atoms with van der Waals surface area (Å²) in [6, 6.07) is 5.54. The third-order valence-corrected chi connectivity index (χ3v) is 5.99. The lowest BCUT2D eigenvalue weighted by Crippen LogP contribution is -2.43. The molecule has 1 fully saturated rings. The van der Waals surface area contributed by atoms with Crippen molar-refractivity contribution in [3.8, 4) is 11.6 Å². The monoisotopic (exact) mass is 473 g/mol. The smallest absolute Gasteiger partial charge is 0.259 e. The van der Waals surface area contributed by atoms with Crippen LogP contribution in [0.4, 0.5) is 11.9 Å². The van der Waals surface area contributed by atoms with Gasteiger partial charge in [-0.25, -0.2) is 0 Å². The second-order valence-corrected chi connectivity index (χ2v) is 8.46. The molecule has 5 heterocycles. The van der Waals surface area contributed by atoms with Gasteiger partial charge in [0.15, 0.2) is 5.76 Å². The average Bonchev–Trinajstić information content (AvgIpc) is 3.45.